The fraction of sp³-hybridized carbons (Fsp3) is 0.385. The number of carbonyl (C=O) groups is 2. The van der Waals surface area contributed by atoms with Crippen LogP contribution in [0.4, 0.5) is 0 Å². The summed E-state index contributed by atoms with van der Waals surface area (Å²) in [5.41, 5.74) is 0.888. The van der Waals surface area contributed by atoms with Gasteiger partial charge in [-0.05, 0) is 12.0 Å². The van der Waals surface area contributed by atoms with Gasteiger partial charge in [0.2, 0.25) is 0 Å². The summed E-state index contributed by atoms with van der Waals surface area (Å²) in [5, 5.41) is 0. The van der Waals surface area contributed by atoms with Gasteiger partial charge < -0.3 is 4.74 Å². The Morgan fingerprint density at radius 3 is 2.31 bits per heavy atom. The molecule has 0 amide bonds. The zero-order valence-corrected chi connectivity index (χ0v) is 9.60. The van der Waals surface area contributed by atoms with Gasteiger partial charge in [-0.3, -0.25) is 9.59 Å². The fourth-order valence-corrected chi connectivity index (χ4v) is 1.48. The lowest BCUT2D eigenvalue weighted by Gasteiger charge is -2.12. The van der Waals surface area contributed by atoms with Crippen molar-refractivity contribution in [2.45, 2.75) is 32.6 Å². The van der Waals surface area contributed by atoms with Gasteiger partial charge in [-0.2, -0.15) is 0 Å². The van der Waals surface area contributed by atoms with Crippen molar-refractivity contribution in [3.8, 4) is 0 Å². The molecule has 86 valence electrons. The maximum absolute atomic E-state index is 11.7. The van der Waals surface area contributed by atoms with Crippen LogP contribution < -0.4 is 0 Å². The van der Waals surface area contributed by atoms with Gasteiger partial charge in [0.1, 0.15) is 0 Å². The minimum Gasteiger partial charge on any atom is -0.393 e. The van der Waals surface area contributed by atoms with E-state index in [-0.39, 0.29) is 12.3 Å². The maximum Gasteiger partial charge on any atom is 0.321 e. The van der Waals surface area contributed by atoms with Crippen molar-refractivity contribution in [2.75, 3.05) is 0 Å². The lowest BCUT2D eigenvalue weighted by Crippen LogP contribution is -2.18. The average Bonchev–Trinajstić information content (AvgIpc) is 2.31. The van der Waals surface area contributed by atoms with Crippen LogP contribution in [-0.2, 0) is 14.3 Å². The van der Waals surface area contributed by atoms with E-state index in [2.05, 4.69) is 0 Å². The van der Waals surface area contributed by atoms with Crippen LogP contribution in [0.3, 0.4) is 0 Å². The summed E-state index contributed by atoms with van der Waals surface area (Å²) in [5.74, 6) is -1.28. The average molecular weight is 220 g/mol. The molecule has 1 rings (SSSR count). The van der Waals surface area contributed by atoms with Gasteiger partial charge >= 0.3 is 11.9 Å². The summed E-state index contributed by atoms with van der Waals surface area (Å²) < 4.78 is 4.73. The van der Waals surface area contributed by atoms with Crippen molar-refractivity contribution in [3.63, 3.8) is 0 Å². The minimum absolute atomic E-state index is 0.219. The molecule has 0 heterocycles. The first-order chi connectivity index (χ1) is 7.69. The summed E-state index contributed by atoms with van der Waals surface area (Å²) >= 11 is 0. The first-order valence-corrected chi connectivity index (χ1v) is 5.48. The highest BCUT2D eigenvalue weighted by atomic mass is 16.6. The molecule has 16 heavy (non-hydrogen) atoms. The predicted octanol–water partition coefficient (Wildman–Crippen LogP) is 2.66. The van der Waals surface area contributed by atoms with Crippen molar-refractivity contribution in [3.05, 3.63) is 35.9 Å². The Bertz CT molecular complexity index is 357. The number of rotatable bonds is 4. The van der Waals surface area contributed by atoms with E-state index in [4.69, 9.17) is 4.74 Å². The highest BCUT2D eigenvalue weighted by molar-refractivity contribution is 5.89. The highest BCUT2D eigenvalue weighted by Gasteiger charge is 2.21. The lowest BCUT2D eigenvalue weighted by atomic mass is 9.97. The van der Waals surface area contributed by atoms with Gasteiger partial charge in [0.05, 0.1) is 5.92 Å². The quantitative estimate of drug-likeness (QED) is 0.578. The Labute approximate surface area is 95.4 Å². The number of hydrogen-bond acceptors (Lipinski definition) is 3. The van der Waals surface area contributed by atoms with Gasteiger partial charge in [0.25, 0.3) is 0 Å². The first-order valence-electron chi connectivity index (χ1n) is 5.48. The van der Waals surface area contributed by atoms with Crippen LogP contribution in [0, 0.1) is 0 Å². The second kappa shape index (κ2) is 6.05. The van der Waals surface area contributed by atoms with Crippen molar-refractivity contribution >= 4 is 11.9 Å². The normalized spacial score (nSPS) is 11.9. The van der Waals surface area contributed by atoms with Gasteiger partial charge in [-0.25, -0.2) is 0 Å². The van der Waals surface area contributed by atoms with Crippen LogP contribution >= 0.6 is 0 Å². The molecule has 0 aromatic heterocycles. The lowest BCUT2D eigenvalue weighted by molar-refractivity contribution is -0.160. The summed E-state index contributed by atoms with van der Waals surface area (Å²) in [6, 6.07) is 9.36. The molecule has 0 aliphatic carbocycles. The van der Waals surface area contributed by atoms with E-state index in [0.717, 1.165) is 5.56 Å². The van der Waals surface area contributed by atoms with Gasteiger partial charge in [-0.1, -0.05) is 44.2 Å². The van der Waals surface area contributed by atoms with E-state index in [1.807, 2.05) is 37.3 Å². The summed E-state index contributed by atoms with van der Waals surface area (Å²) in [6.07, 6.45) is 0.844. The predicted molar refractivity (Wildman–Crippen MR) is 60.9 cm³/mol. The maximum atomic E-state index is 11.7. The molecule has 0 N–H and O–H groups in total. The smallest absolute Gasteiger partial charge is 0.321 e. The molecule has 0 bridgehead atoms. The van der Waals surface area contributed by atoms with Gasteiger partial charge in [0, 0.05) is 6.42 Å². The molecule has 1 aromatic rings. The SMILES string of the molecule is CCC(=O)OC(=O)C(CC)c1ccccc1. The third kappa shape index (κ3) is 3.19. The molecule has 3 nitrogen and oxygen atoms in total. The van der Waals surface area contributed by atoms with Crippen molar-refractivity contribution in [1.29, 1.82) is 0 Å². The summed E-state index contributed by atoms with van der Waals surface area (Å²) in [4.78, 5) is 22.7. The van der Waals surface area contributed by atoms with E-state index >= 15 is 0 Å². The fourth-order valence-electron chi connectivity index (χ4n) is 1.48. The molecular formula is C13H16O3. The molecule has 0 aliphatic rings. The summed E-state index contributed by atoms with van der Waals surface area (Å²) in [6.45, 7) is 3.56. The molecule has 0 saturated carbocycles. The Hall–Kier alpha value is -1.64. The van der Waals surface area contributed by atoms with Crippen molar-refractivity contribution in [1.82, 2.24) is 0 Å². The Kier molecular flexibility index (Phi) is 4.70. The van der Waals surface area contributed by atoms with Crippen molar-refractivity contribution in [2.24, 2.45) is 0 Å². The number of carbonyl (C=O) groups excluding carboxylic acids is 2. The molecule has 0 spiro atoms. The number of hydrogen-bond donors (Lipinski definition) is 0. The zero-order valence-electron chi connectivity index (χ0n) is 9.60. The first kappa shape index (κ1) is 12.4. The van der Waals surface area contributed by atoms with E-state index < -0.39 is 11.9 Å². The molecule has 0 radical (unpaired) electrons. The second-order valence-corrected chi connectivity index (χ2v) is 3.52. The van der Waals surface area contributed by atoms with E-state index in [0.29, 0.717) is 6.42 Å². The monoisotopic (exact) mass is 220 g/mol. The molecule has 0 aliphatic heterocycles. The van der Waals surface area contributed by atoms with Crippen LogP contribution in [0.5, 0.6) is 0 Å². The van der Waals surface area contributed by atoms with Crippen molar-refractivity contribution < 1.29 is 14.3 Å². The Morgan fingerprint density at radius 2 is 1.81 bits per heavy atom. The molecule has 0 fully saturated rings. The number of esters is 2. The molecule has 1 aromatic carbocycles. The highest BCUT2D eigenvalue weighted by Crippen LogP contribution is 2.20. The third-order valence-electron chi connectivity index (χ3n) is 2.40. The van der Waals surface area contributed by atoms with Crippen LogP contribution in [0.25, 0.3) is 0 Å². The van der Waals surface area contributed by atoms with E-state index in [9.17, 15) is 9.59 Å². The number of benzene rings is 1. The molecule has 3 heteroatoms. The van der Waals surface area contributed by atoms with Gasteiger partial charge in [-0.15, -0.1) is 0 Å². The van der Waals surface area contributed by atoms with Crippen LogP contribution in [0.2, 0.25) is 0 Å². The Morgan fingerprint density at radius 1 is 1.19 bits per heavy atom. The molecule has 0 saturated heterocycles. The van der Waals surface area contributed by atoms with Crippen LogP contribution in [-0.4, -0.2) is 11.9 Å². The molecular weight excluding hydrogens is 204 g/mol. The molecule has 1 atom stereocenters. The summed E-state index contributed by atoms with van der Waals surface area (Å²) in [7, 11) is 0. The zero-order chi connectivity index (χ0) is 12.0. The van der Waals surface area contributed by atoms with Crippen LogP contribution in [0.1, 0.15) is 38.2 Å². The molecule has 1 unspecified atom stereocenters. The third-order valence-corrected chi connectivity index (χ3v) is 2.40. The van der Waals surface area contributed by atoms with E-state index in [1.165, 1.54) is 0 Å². The second-order valence-electron chi connectivity index (χ2n) is 3.52. The van der Waals surface area contributed by atoms with Gasteiger partial charge in [0.15, 0.2) is 0 Å². The number of ether oxygens (including phenoxy) is 1. The van der Waals surface area contributed by atoms with Crippen LogP contribution in [0.15, 0.2) is 30.3 Å². The minimum atomic E-state index is -0.473. The Balaban J connectivity index is 2.75. The van der Waals surface area contributed by atoms with E-state index in [1.54, 1.807) is 6.92 Å². The topological polar surface area (TPSA) is 43.4 Å². The standard InChI is InChI=1S/C13H16O3/c1-3-11(10-8-6-5-7-9-10)13(15)16-12(14)4-2/h5-9,11H,3-4H2,1-2H3. The largest absolute Gasteiger partial charge is 0.393 e.